The van der Waals surface area contributed by atoms with Crippen LogP contribution in [0.25, 0.3) is 11.1 Å². The molecule has 2 amide bonds. The van der Waals surface area contributed by atoms with E-state index in [2.05, 4.69) is 29.6 Å². The van der Waals surface area contributed by atoms with Crippen molar-refractivity contribution in [2.75, 3.05) is 20.3 Å². The molecule has 0 aliphatic heterocycles. The lowest BCUT2D eigenvalue weighted by atomic mass is 9.98. The van der Waals surface area contributed by atoms with Crippen LogP contribution in [-0.4, -0.2) is 54.4 Å². The minimum atomic E-state index is -1.15. The summed E-state index contributed by atoms with van der Waals surface area (Å²) in [6.07, 6.45) is 2.14. The van der Waals surface area contributed by atoms with Gasteiger partial charge in [-0.2, -0.15) is 0 Å². The van der Waals surface area contributed by atoms with Gasteiger partial charge in [-0.05, 0) is 41.0 Å². The molecule has 0 aromatic heterocycles. The van der Waals surface area contributed by atoms with Crippen LogP contribution in [0.2, 0.25) is 0 Å². The molecule has 0 spiro atoms. The third kappa shape index (κ3) is 5.17. The number of nitrogens with one attached hydrogen (secondary N) is 1. The largest absolute Gasteiger partial charge is 0.479 e. The zero-order valence-electron chi connectivity index (χ0n) is 18.5. The first-order chi connectivity index (χ1) is 15.9. The van der Waals surface area contributed by atoms with E-state index in [-0.39, 0.29) is 36.8 Å². The van der Waals surface area contributed by atoms with Crippen molar-refractivity contribution in [2.45, 2.75) is 37.6 Å². The third-order valence-corrected chi connectivity index (χ3v) is 6.48. The molecule has 2 aliphatic carbocycles. The lowest BCUT2D eigenvalue weighted by Gasteiger charge is -2.23. The molecule has 4 rings (SSSR count). The number of benzene rings is 2. The number of aliphatic carboxylic acids is 1. The summed E-state index contributed by atoms with van der Waals surface area (Å²) in [5.41, 5.74) is 4.65. The van der Waals surface area contributed by atoms with Gasteiger partial charge in [0.25, 0.3) is 0 Å². The van der Waals surface area contributed by atoms with Gasteiger partial charge in [0.1, 0.15) is 6.61 Å². The van der Waals surface area contributed by atoms with Gasteiger partial charge in [-0.15, -0.1) is 0 Å². The average Bonchev–Trinajstić information content (AvgIpc) is 3.37. The lowest BCUT2D eigenvalue weighted by molar-refractivity contribution is -0.186. The zero-order chi connectivity index (χ0) is 23.4. The summed E-state index contributed by atoms with van der Waals surface area (Å²) < 4.78 is 5.63. The first kappa shape index (κ1) is 22.8. The van der Waals surface area contributed by atoms with Gasteiger partial charge in [0, 0.05) is 25.4 Å². The van der Waals surface area contributed by atoms with Crippen molar-refractivity contribution < 1.29 is 29.1 Å². The van der Waals surface area contributed by atoms with E-state index in [1.54, 1.807) is 0 Å². The van der Waals surface area contributed by atoms with Gasteiger partial charge in [0.15, 0.2) is 6.61 Å². The van der Waals surface area contributed by atoms with Crippen molar-refractivity contribution in [2.24, 2.45) is 5.92 Å². The maximum absolute atomic E-state index is 12.6. The fourth-order valence-corrected chi connectivity index (χ4v) is 4.84. The van der Waals surface area contributed by atoms with Crippen molar-refractivity contribution in [3.8, 4) is 11.1 Å². The van der Waals surface area contributed by atoms with Gasteiger partial charge in [-0.25, -0.2) is 14.7 Å². The van der Waals surface area contributed by atoms with Crippen LogP contribution in [0.5, 0.6) is 0 Å². The molecule has 1 fully saturated rings. The Kier molecular flexibility index (Phi) is 6.93. The number of rotatable bonds is 8. The summed E-state index contributed by atoms with van der Waals surface area (Å²) in [5, 5.41) is 12.6. The maximum Gasteiger partial charge on any atom is 0.407 e. The number of ether oxygens (including phenoxy) is 1. The van der Waals surface area contributed by atoms with E-state index < -0.39 is 18.7 Å². The van der Waals surface area contributed by atoms with E-state index in [1.165, 1.54) is 18.2 Å². The van der Waals surface area contributed by atoms with Crippen LogP contribution < -0.4 is 5.32 Å². The number of hydrogen-bond donors (Lipinski definition) is 2. The Morgan fingerprint density at radius 3 is 2.30 bits per heavy atom. The summed E-state index contributed by atoms with van der Waals surface area (Å²) in [7, 11) is 1.40. The molecule has 2 aliphatic rings. The molecule has 0 heterocycles. The predicted molar refractivity (Wildman–Crippen MR) is 120 cm³/mol. The summed E-state index contributed by atoms with van der Waals surface area (Å²) in [4.78, 5) is 40.5. The molecule has 2 aromatic carbocycles. The first-order valence-electron chi connectivity index (χ1n) is 11.2. The van der Waals surface area contributed by atoms with Crippen molar-refractivity contribution in [1.29, 1.82) is 0 Å². The van der Waals surface area contributed by atoms with Crippen LogP contribution in [-0.2, 0) is 19.2 Å². The molecule has 2 aromatic rings. The molecule has 0 unspecified atom stereocenters. The van der Waals surface area contributed by atoms with E-state index in [0.717, 1.165) is 35.5 Å². The molecule has 8 heteroatoms. The molecule has 8 nitrogen and oxygen atoms in total. The van der Waals surface area contributed by atoms with Crippen molar-refractivity contribution in [3.05, 3.63) is 59.7 Å². The third-order valence-electron chi connectivity index (χ3n) is 6.48. The predicted octanol–water partition coefficient (Wildman–Crippen LogP) is 3.56. The highest BCUT2D eigenvalue weighted by molar-refractivity contribution is 5.79. The Hall–Kier alpha value is -3.39. The smallest absolute Gasteiger partial charge is 0.407 e. The summed E-state index contributed by atoms with van der Waals surface area (Å²) in [5.74, 6) is -1.52. The summed E-state index contributed by atoms with van der Waals surface area (Å²) in [6.45, 7) is -0.337. The molecule has 0 bridgehead atoms. The molecule has 33 heavy (non-hydrogen) atoms. The maximum atomic E-state index is 12.6. The minimum absolute atomic E-state index is 0.0101. The van der Waals surface area contributed by atoms with Gasteiger partial charge >= 0.3 is 12.1 Å². The molecular formula is C25H28N2O6. The molecular weight excluding hydrogens is 424 g/mol. The minimum Gasteiger partial charge on any atom is -0.479 e. The first-order valence-corrected chi connectivity index (χ1v) is 11.2. The number of hydroxylamine groups is 2. The Labute approximate surface area is 192 Å². The Morgan fingerprint density at radius 2 is 1.67 bits per heavy atom. The average molecular weight is 453 g/mol. The monoisotopic (exact) mass is 452 g/mol. The van der Waals surface area contributed by atoms with Crippen LogP contribution in [0.3, 0.4) is 0 Å². The van der Waals surface area contributed by atoms with Crippen LogP contribution in [0.15, 0.2) is 48.5 Å². The van der Waals surface area contributed by atoms with Gasteiger partial charge in [0.2, 0.25) is 5.91 Å². The number of carboxylic acids is 1. The number of nitrogens with zero attached hydrogens (tertiary/aromatic N) is 1. The van der Waals surface area contributed by atoms with E-state index in [0.29, 0.717) is 0 Å². The number of amides is 2. The molecule has 0 radical (unpaired) electrons. The van der Waals surface area contributed by atoms with Crippen molar-refractivity contribution in [3.63, 3.8) is 0 Å². The molecule has 1 saturated carbocycles. The second-order valence-corrected chi connectivity index (χ2v) is 8.53. The quantitative estimate of drug-likeness (QED) is 0.594. The standard InChI is InChI=1S/C25H28N2O6/c1-27(33-15-24(29)30)23(28)13-16-7-6-12-22(16)26-25(31)32-14-21-19-10-4-2-8-17(19)18-9-3-5-11-20(18)21/h2-5,8-11,16,21-22H,6-7,12-15H2,1H3,(H,26,31)(H,29,30)/t16-,22+/m0/s1. The Bertz CT molecular complexity index is 994. The van der Waals surface area contributed by atoms with Gasteiger partial charge in [-0.1, -0.05) is 55.0 Å². The summed E-state index contributed by atoms with van der Waals surface area (Å²) in [6, 6.07) is 16.2. The van der Waals surface area contributed by atoms with Crippen LogP contribution >= 0.6 is 0 Å². The second-order valence-electron chi connectivity index (χ2n) is 8.53. The van der Waals surface area contributed by atoms with E-state index in [4.69, 9.17) is 14.7 Å². The fourth-order valence-electron chi connectivity index (χ4n) is 4.84. The highest BCUT2D eigenvalue weighted by Crippen LogP contribution is 2.44. The van der Waals surface area contributed by atoms with Gasteiger partial charge in [0.05, 0.1) is 0 Å². The highest BCUT2D eigenvalue weighted by atomic mass is 16.7. The Morgan fingerprint density at radius 1 is 1.03 bits per heavy atom. The van der Waals surface area contributed by atoms with E-state index in [1.807, 2.05) is 24.3 Å². The molecule has 2 N–H and O–H groups in total. The normalized spacial score (nSPS) is 18.9. The van der Waals surface area contributed by atoms with Gasteiger partial charge in [-0.3, -0.25) is 9.63 Å². The summed E-state index contributed by atoms with van der Waals surface area (Å²) >= 11 is 0. The number of alkyl carbamates (subject to hydrolysis) is 1. The number of hydrogen-bond acceptors (Lipinski definition) is 5. The number of carboxylic acid groups (broad SMARTS) is 1. The highest BCUT2D eigenvalue weighted by Gasteiger charge is 2.33. The van der Waals surface area contributed by atoms with Gasteiger partial charge < -0.3 is 15.2 Å². The van der Waals surface area contributed by atoms with Crippen LogP contribution in [0.4, 0.5) is 4.79 Å². The number of carbonyl (C=O) groups excluding carboxylic acids is 2. The second kappa shape index (κ2) is 10.0. The molecule has 2 atom stereocenters. The zero-order valence-corrected chi connectivity index (χ0v) is 18.5. The molecule has 174 valence electrons. The topological polar surface area (TPSA) is 105 Å². The SMILES string of the molecule is CN(OCC(=O)O)C(=O)C[C@@H]1CCC[C@H]1NC(=O)OCC1c2ccccc2-c2ccccc21. The Balaban J connectivity index is 1.32. The molecule has 0 saturated heterocycles. The number of carbonyl (C=O) groups is 3. The van der Waals surface area contributed by atoms with E-state index >= 15 is 0 Å². The van der Waals surface area contributed by atoms with Crippen LogP contribution in [0, 0.1) is 5.92 Å². The van der Waals surface area contributed by atoms with Crippen molar-refractivity contribution in [1.82, 2.24) is 10.4 Å². The lowest BCUT2D eigenvalue weighted by Crippen LogP contribution is -2.40. The van der Waals surface area contributed by atoms with E-state index in [9.17, 15) is 14.4 Å². The number of fused-ring (bicyclic) bond motifs is 3. The van der Waals surface area contributed by atoms with Crippen LogP contribution in [0.1, 0.15) is 42.7 Å². The van der Waals surface area contributed by atoms with Crippen molar-refractivity contribution >= 4 is 18.0 Å². The fraction of sp³-hybridized carbons (Fsp3) is 0.400.